The Morgan fingerprint density at radius 2 is 1.76 bits per heavy atom. The second-order valence-corrected chi connectivity index (χ2v) is 9.23. The van der Waals surface area contributed by atoms with Crippen LogP contribution in [0.1, 0.15) is 11.1 Å². The van der Waals surface area contributed by atoms with E-state index in [1.165, 1.54) is 7.11 Å². The number of benzene rings is 2. The first kappa shape index (κ1) is 28.2. The van der Waals surface area contributed by atoms with E-state index in [-0.39, 0.29) is 11.4 Å². The van der Waals surface area contributed by atoms with Crippen molar-refractivity contribution in [2.24, 2.45) is 0 Å². The Bertz CT molecular complexity index is 1730. The zero-order valence-corrected chi connectivity index (χ0v) is 22.8. The van der Waals surface area contributed by atoms with Gasteiger partial charge in [-0.3, -0.25) is 4.98 Å². The molecule has 0 aliphatic rings. The molecule has 0 saturated carbocycles. The fourth-order valence-corrected chi connectivity index (χ4v) is 4.41. The number of halogens is 3. The second-order valence-electron chi connectivity index (χ2n) is 9.23. The van der Waals surface area contributed by atoms with E-state index in [4.69, 9.17) is 14.5 Å². The number of pyridine rings is 1. The van der Waals surface area contributed by atoms with Crippen LogP contribution in [0.2, 0.25) is 0 Å². The number of carbonyl (C=O) groups is 1. The maximum absolute atomic E-state index is 13.5. The molecule has 42 heavy (non-hydrogen) atoms. The molecule has 5 aromatic rings. The average molecular weight is 578 g/mol. The first-order chi connectivity index (χ1) is 20.2. The molecular formula is C29H26F3N7O3. The third-order valence-corrected chi connectivity index (χ3v) is 6.38. The van der Waals surface area contributed by atoms with Crippen LogP contribution >= 0.6 is 0 Å². The molecule has 0 fully saturated rings. The van der Waals surface area contributed by atoms with Gasteiger partial charge in [0.25, 0.3) is 0 Å². The van der Waals surface area contributed by atoms with Gasteiger partial charge in [0.15, 0.2) is 11.5 Å². The predicted molar refractivity (Wildman–Crippen MR) is 152 cm³/mol. The molecule has 13 heteroatoms. The maximum atomic E-state index is 13.5. The largest absolute Gasteiger partial charge is 0.496 e. The molecule has 0 aliphatic carbocycles. The van der Waals surface area contributed by atoms with E-state index in [1.807, 2.05) is 46.9 Å². The van der Waals surface area contributed by atoms with Crippen LogP contribution < -0.4 is 25.0 Å². The van der Waals surface area contributed by atoms with Gasteiger partial charge in [-0.15, -0.1) is 0 Å². The number of hydrogen-bond donors (Lipinski definition) is 2. The first-order valence-corrected chi connectivity index (χ1v) is 12.6. The molecule has 5 rings (SSSR count). The molecular weight excluding hydrogens is 551 g/mol. The van der Waals surface area contributed by atoms with Crippen LogP contribution in [0, 0.1) is 0 Å². The number of aromatic nitrogens is 4. The molecule has 0 atom stereocenters. The normalized spacial score (nSPS) is 11.3. The van der Waals surface area contributed by atoms with Crippen LogP contribution in [0.3, 0.4) is 0 Å². The molecule has 2 N–H and O–H groups in total. The summed E-state index contributed by atoms with van der Waals surface area (Å²) in [6.07, 6.45) is 4.08. The molecule has 0 unspecified atom stereocenters. The van der Waals surface area contributed by atoms with Crippen molar-refractivity contribution in [1.29, 1.82) is 0 Å². The van der Waals surface area contributed by atoms with Gasteiger partial charge < -0.3 is 29.4 Å². The summed E-state index contributed by atoms with van der Waals surface area (Å²) in [5.41, 5.74) is 2.22. The third-order valence-electron chi connectivity index (χ3n) is 6.38. The lowest BCUT2D eigenvalue weighted by Gasteiger charge is -2.20. The number of imidazole rings is 1. The van der Waals surface area contributed by atoms with Crippen LogP contribution in [0.4, 0.5) is 35.2 Å². The highest BCUT2D eigenvalue weighted by atomic mass is 19.4. The number of amides is 2. The van der Waals surface area contributed by atoms with Crippen LogP contribution in [0.15, 0.2) is 79.5 Å². The molecule has 2 aromatic carbocycles. The zero-order valence-electron chi connectivity index (χ0n) is 22.8. The Morgan fingerprint density at radius 1 is 1.00 bits per heavy atom. The number of carbonyl (C=O) groups excluding carboxylic acids is 1. The van der Waals surface area contributed by atoms with Gasteiger partial charge >= 0.3 is 12.2 Å². The summed E-state index contributed by atoms with van der Waals surface area (Å²) < 4.78 is 52.5. The van der Waals surface area contributed by atoms with Crippen molar-refractivity contribution < 1.29 is 27.4 Å². The van der Waals surface area contributed by atoms with E-state index in [2.05, 4.69) is 20.6 Å². The highest BCUT2D eigenvalue weighted by Crippen LogP contribution is 2.42. The number of nitrogens with one attached hydrogen (secondary N) is 2. The SMILES string of the molecule is COc1cc(OC)c(C(F)(F)F)cc1NC(=O)Nc1cccc(-c2cn3ccnc3c(N(C)Cc3ccncc3)n2)c1. The van der Waals surface area contributed by atoms with Crippen LogP contribution in [-0.4, -0.2) is 46.7 Å². The molecule has 216 valence electrons. The number of hydrogen-bond acceptors (Lipinski definition) is 7. The van der Waals surface area contributed by atoms with Gasteiger partial charge in [-0.2, -0.15) is 13.2 Å². The number of methoxy groups -OCH3 is 2. The van der Waals surface area contributed by atoms with Crippen molar-refractivity contribution in [2.75, 3.05) is 36.8 Å². The Balaban J connectivity index is 1.40. The van der Waals surface area contributed by atoms with Gasteiger partial charge in [0, 0.05) is 61.9 Å². The minimum absolute atomic E-state index is 0.00463. The summed E-state index contributed by atoms with van der Waals surface area (Å²) in [6, 6.07) is 11.9. The highest BCUT2D eigenvalue weighted by molar-refractivity contribution is 6.01. The average Bonchev–Trinajstić information content (AvgIpc) is 3.45. The molecule has 10 nitrogen and oxygen atoms in total. The molecule has 3 heterocycles. The molecule has 0 radical (unpaired) electrons. The van der Waals surface area contributed by atoms with Gasteiger partial charge in [-0.1, -0.05) is 12.1 Å². The minimum Gasteiger partial charge on any atom is -0.496 e. The smallest absolute Gasteiger partial charge is 0.420 e. The maximum Gasteiger partial charge on any atom is 0.420 e. The number of urea groups is 1. The van der Waals surface area contributed by atoms with Crippen LogP contribution in [0.25, 0.3) is 16.9 Å². The molecule has 3 aromatic heterocycles. The number of ether oxygens (including phenoxy) is 2. The van der Waals surface area contributed by atoms with Crippen LogP contribution in [0.5, 0.6) is 11.5 Å². The third kappa shape index (κ3) is 6.04. The Morgan fingerprint density at radius 3 is 2.48 bits per heavy atom. The molecule has 0 bridgehead atoms. The Labute approximate surface area is 238 Å². The van der Waals surface area contributed by atoms with Crippen molar-refractivity contribution in [1.82, 2.24) is 19.4 Å². The minimum atomic E-state index is -4.70. The van der Waals surface area contributed by atoms with E-state index < -0.39 is 23.5 Å². The summed E-state index contributed by atoms with van der Waals surface area (Å²) in [5.74, 6) is 0.230. The number of rotatable bonds is 8. The Hall–Kier alpha value is -5.33. The van der Waals surface area contributed by atoms with Crippen molar-refractivity contribution in [3.8, 4) is 22.8 Å². The molecule has 2 amide bonds. The quantitative estimate of drug-likeness (QED) is 0.229. The lowest BCUT2D eigenvalue weighted by molar-refractivity contribution is -0.138. The summed E-state index contributed by atoms with van der Waals surface area (Å²) in [7, 11) is 4.32. The number of anilines is 3. The van der Waals surface area contributed by atoms with E-state index in [1.54, 1.807) is 36.8 Å². The Kier molecular flexibility index (Phi) is 7.82. The van der Waals surface area contributed by atoms with Gasteiger partial charge in [-0.05, 0) is 35.9 Å². The second kappa shape index (κ2) is 11.6. The van der Waals surface area contributed by atoms with E-state index in [9.17, 15) is 18.0 Å². The van der Waals surface area contributed by atoms with Gasteiger partial charge in [0.1, 0.15) is 11.5 Å². The first-order valence-electron chi connectivity index (χ1n) is 12.6. The zero-order chi connectivity index (χ0) is 29.9. The fraction of sp³-hybridized carbons (Fsp3) is 0.172. The molecule has 0 aliphatic heterocycles. The van der Waals surface area contributed by atoms with E-state index in [0.717, 1.165) is 24.8 Å². The van der Waals surface area contributed by atoms with Gasteiger partial charge in [0.05, 0.1) is 31.2 Å². The van der Waals surface area contributed by atoms with Gasteiger partial charge in [-0.25, -0.2) is 14.8 Å². The standard InChI is InChI=1S/C29H26F3N7O3/c1-38(16-18-7-9-33-10-8-18)27-26-34-11-12-39(26)17-23(36-27)19-5-4-6-20(13-19)35-28(40)37-22-14-21(29(30,31)32)24(41-2)15-25(22)42-3/h4-15,17H,16H2,1-3H3,(H2,35,37,40). The summed E-state index contributed by atoms with van der Waals surface area (Å²) in [6.45, 7) is 0.578. The predicted octanol–water partition coefficient (Wildman–Crippen LogP) is 6.11. The molecule has 0 spiro atoms. The number of fused-ring (bicyclic) bond motifs is 1. The van der Waals surface area contributed by atoms with Crippen molar-refractivity contribution in [2.45, 2.75) is 12.7 Å². The van der Waals surface area contributed by atoms with Crippen molar-refractivity contribution >= 4 is 28.9 Å². The van der Waals surface area contributed by atoms with Crippen LogP contribution in [-0.2, 0) is 12.7 Å². The monoisotopic (exact) mass is 577 g/mol. The van der Waals surface area contributed by atoms with Crippen molar-refractivity contribution in [3.05, 3.63) is 90.6 Å². The summed E-state index contributed by atoms with van der Waals surface area (Å²) >= 11 is 0. The number of nitrogens with zero attached hydrogens (tertiary/aromatic N) is 5. The number of alkyl halides is 3. The summed E-state index contributed by atoms with van der Waals surface area (Å²) in [5, 5.41) is 5.09. The van der Waals surface area contributed by atoms with E-state index in [0.29, 0.717) is 35.0 Å². The topological polar surface area (TPSA) is 106 Å². The fourth-order valence-electron chi connectivity index (χ4n) is 4.41. The summed E-state index contributed by atoms with van der Waals surface area (Å²) in [4.78, 5) is 28.2. The molecule has 0 saturated heterocycles. The van der Waals surface area contributed by atoms with Crippen molar-refractivity contribution in [3.63, 3.8) is 0 Å². The highest BCUT2D eigenvalue weighted by Gasteiger charge is 2.35. The lowest BCUT2D eigenvalue weighted by atomic mass is 10.1. The van der Waals surface area contributed by atoms with E-state index >= 15 is 0 Å². The van der Waals surface area contributed by atoms with Gasteiger partial charge in [0.2, 0.25) is 0 Å². The lowest BCUT2D eigenvalue weighted by Crippen LogP contribution is -2.20.